The third-order valence-corrected chi connectivity index (χ3v) is 7.88. The number of nitrogens with zero attached hydrogens (tertiary/aromatic N) is 1. The predicted molar refractivity (Wildman–Crippen MR) is 137 cm³/mol. The van der Waals surface area contributed by atoms with Crippen LogP contribution >= 0.6 is 11.3 Å². The summed E-state index contributed by atoms with van der Waals surface area (Å²) < 4.78 is 33.6. The van der Waals surface area contributed by atoms with Gasteiger partial charge in [-0.25, -0.2) is 8.78 Å². The topological polar surface area (TPSA) is 90.9 Å². The number of halogens is 2. The molecule has 37 heavy (non-hydrogen) atoms. The van der Waals surface area contributed by atoms with Crippen LogP contribution < -0.4 is 10.6 Å². The van der Waals surface area contributed by atoms with Crippen molar-refractivity contribution in [1.82, 2.24) is 15.5 Å². The Balaban J connectivity index is 1.42. The van der Waals surface area contributed by atoms with Crippen LogP contribution in [-0.4, -0.2) is 65.8 Å². The summed E-state index contributed by atoms with van der Waals surface area (Å²) >= 11 is 1.55. The number of ether oxygens (including phenoxy) is 1. The molecule has 2 fully saturated rings. The monoisotopic (exact) mass is 535 g/mol. The molecule has 2 aliphatic heterocycles. The Bertz CT molecular complexity index is 1030. The first kappa shape index (κ1) is 27.6. The molecule has 2 aromatic rings. The van der Waals surface area contributed by atoms with Crippen LogP contribution in [0, 0.1) is 17.6 Å². The zero-order chi connectivity index (χ0) is 26.4. The lowest BCUT2D eigenvalue weighted by atomic mass is 9.94. The third-order valence-electron chi connectivity index (χ3n) is 7.02. The normalized spacial score (nSPS) is 23.4. The number of hydrogen-bond acceptors (Lipinski definition) is 6. The Hall–Kier alpha value is -2.40. The van der Waals surface area contributed by atoms with Crippen LogP contribution in [0.3, 0.4) is 0 Å². The molecule has 0 radical (unpaired) electrons. The molecule has 7 nitrogen and oxygen atoms in total. The molecule has 0 saturated carbocycles. The molecule has 0 bridgehead atoms. The van der Waals surface area contributed by atoms with Gasteiger partial charge in [0.2, 0.25) is 11.8 Å². The molecule has 2 amide bonds. The van der Waals surface area contributed by atoms with E-state index in [1.807, 2.05) is 17.5 Å². The summed E-state index contributed by atoms with van der Waals surface area (Å²) in [6, 6.07) is 5.91. The van der Waals surface area contributed by atoms with Gasteiger partial charge in [-0.15, -0.1) is 11.3 Å². The molecular weight excluding hydrogens is 500 g/mol. The van der Waals surface area contributed by atoms with E-state index in [9.17, 15) is 23.5 Å². The number of amides is 2. The number of rotatable bonds is 12. The molecule has 2 aliphatic rings. The Kier molecular flexibility index (Phi) is 9.64. The highest BCUT2D eigenvalue weighted by Crippen LogP contribution is 2.24. The van der Waals surface area contributed by atoms with E-state index in [1.165, 1.54) is 12.1 Å². The minimum absolute atomic E-state index is 0.0424. The molecule has 202 valence electrons. The first-order valence-electron chi connectivity index (χ1n) is 12.9. The Labute approximate surface area is 220 Å². The number of thiophene rings is 1. The van der Waals surface area contributed by atoms with Crippen LogP contribution in [0.4, 0.5) is 8.78 Å². The highest BCUT2D eigenvalue weighted by atomic mass is 32.1. The van der Waals surface area contributed by atoms with Crippen molar-refractivity contribution in [1.29, 1.82) is 0 Å². The SMILES string of the molecule is CCCCO[C@H]1CN[C@@H]([C@@H](O)[C@H](Cc2cc(F)cc(F)c2)NC(=O)C2CC(=O)N(Cc3cccs3)C2)C1. The van der Waals surface area contributed by atoms with Crippen molar-refractivity contribution in [3.05, 3.63) is 57.8 Å². The van der Waals surface area contributed by atoms with E-state index in [-0.39, 0.29) is 43.3 Å². The lowest BCUT2D eigenvalue weighted by Crippen LogP contribution is -2.53. The maximum absolute atomic E-state index is 13.9. The summed E-state index contributed by atoms with van der Waals surface area (Å²) in [5.74, 6) is -2.45. The second-order valence-corrected chi connectivity index (χ2v) is 11.0. The fourth-order valence-corrected chi connectivity index (χ4v) is 5.75. The van der Waals surface area contributed by atoms with Crippen LogP contribution in [0.15, 0.2) is 35.7 Å². The smallest absolute Gasteiger partial charge is 0.225 e. The minimum Gasteiger partial charge on any atom is -0.389 e. The molecule has 1 unspecified atom stereocenters. The molecule has 2 saturated heterocycles. The third kappa shape index (κ3) is 7.56. The van der Waals surface area contributed by atoms with E-state index < -0.39 is 29.7 Å². The van der Waals surface area contributed by atoms with Crippen LogP contribution in [-0.2, 0) is 27.3 Å². The number of hydrogen-bond donors (Lipinski definition) is 3. The molecule has 0 spiro atoms. The summed E-state index contributed by atoms with van der Waals surface area (Å²) in [4.78, 5) is 28.5. The zero-order valence-corrected chi connectivity index (χ0v) is 21.8. The average Bonchev–Trinajstić information content (AvgIpc) is 3.60. The van der Waals surface area contributed by atoms with Gasteiger partial charge in [0.25, 0.3) is 0 Å². The van der Waals surface area contributed by atoms with Crippen molar-refractivity contribution < 1.29 is 28.2 Å². The summed E-state index contributed by atoms with van der Waals surface area (Å²) in [5.41, 5.74) is 0.331. The van der Waals surface area contributed by atoms with E-state index >= 15 is 0 Å². The van der Waals surface area contributed by atoms with Crippen LogP contribution in [0.25, 0.3) is 0 Å². The zero-order valence-electron chi connectivity index (χ0n) is 21.0. The predicted octanol–water partition coefficient (Wildman–Crippen LogP) is 3.01. The summed E-state index contributed by atoms with van der Waals surface area (Å²) in [6.07, 6.45) is 1.60. The molecule has 0 aliphatic carbocycles. The van der Waals surface area contributed by atoms with E-state index in [2.05, 4.69) is 17.6 Å². The number of carbonyl (C=O) groups is 2. The van der Waals surface area contributed by atoms with Gasteiger partial charge in [-0.05, 0) is 48.4 Å². The summed E-state index contributed by atoms with van der Waals surface area (Å²) in [5, 5.41) is 19.4. The molecule has 3 heterocycles. The number of aliphatic hydroxyl groups excluding tert-OH is 1. The first-order chi connectivity index (χ1) is 17.8. The van der Waals surface area contributed by atoms with Gasteiger partial charge >= 0.3 is 0 Å². The van der Waals surface area contributed by atoms with Crippen LogP contribution in [0.5, 0.6) is 0 Å². The van der Waals surface area contributed by atoms with Crippen molar-refractivity contribution >= 4 is 23.2 Å². The second kappa shape index (κ2) is 12.9. The largest absolute Gasteiger partial charge is 0.389 e. The van der Waals surface area contributed by atoms with Crippen LogP contribution in [0.1, 0.15) is 43.0 Å². The molecule has 10 heteroatoms. The molecule has 4 rings (SSSR count). The minimum atomic E-state index is -1.02. The maximum Gasteiger partial charge on any atom is 0.225 e. The maximum atomic E-state index is 13.9. The number of aliphatic hydroxyl groups is 1. The molecule has 1 aromatic carbocycles. The fraction of sp³-hybridized carbons (Fsp3) is 0.556. The van der Waals surface area contributed by atoms with Gasteiger partial charge < -0.3 is 25.4 Å². The van der Waals surface area contributed by atoms with Crippen molar-refractivity contribution in [2.24, 2.45) is 5.92 Å². The van der Waals surface area contributed by atoms with Gasteiger partial charge in [-0.1, -0.05) is 19.4 Å². The van der Waals surface area contributed by atoms with E-state index in [0.717, 1.165) is 23.8 Å². The first-order valence-corrected chi connectivity index (χ1v) is 13.8. The van der Waals surface area contributed by atoms with Crippen molar-refractivity contribution in [2.45, 2.75) is 69.9 Å². The lowest BCUT2D eigenvalue weighted by Gasteiger charge is -2.29. The van der Waals surface area contributed by atoms with E-state index in [4.69, 9.17) is 4.74 Å². The Morgan fingerprint density at radius 3 is 2.81 bits per heavy atom. The molecule has 1 aromatic heterocycles. The number of nitrogens with one attached hydrogen (secondary N) is 2. The van der Waals surface area contributed by atoms with Gasteiger partial charge in [0.1, 0.15) is 11.6 Å². The van der Waals surface area contributed by atoms with Gasteiger partial charge in [0.15, 0.2) is 0 Å². The summed E-state index contributed by atoms with van der Waals surface area (Å²) in [7, 11) is 0. The fourth-order valence-electron chi connectivity index (χ4n) is 5.03. The Morgan fingerprint density at radius 2 is 2.11 bits per heavy atom. The van der Waals surface area contributed by atoms with Gasteiger partial charge in [0, 0.05) is 43.1 Å². The van der Waals surface area contributed by atoms with Crippen molar-refractivity contribution in [3.8, 4) is 0 Å². The number of carbonyl (C=O) groups excluding carboxylic acids is 2. The number of unbranched alkanes of at least 4 members (excludes halogenated alkanes) is 1. The van der Waals surface area contributed by atoms with E-state index in [1.54, 1.807) is 16.2 Å². The van der Waals surface area contributed by atoms with Crippen molar-refractivity contribution in [2.75, 3.05) is 19.7 Å². The number of likely N-dealkylation sites (tertiary alicyclic amines) is 1. The Morgan fingerprint density at radius 1 is 1.32 bits per heavy atom. The highest BCUT2D eigenvalue weighted by molar-refractivity contribution is 7.09. The van der Waals surface area contributed by atoms with Gasteiger partial charge in [-0.2, -0.15) is 0 Å². The van der Waals surface area contributed by atoms with Crippen molar-refractivity contribution in [3.63, 3.8) is 0 Å². The standard InChI is InChI=1S/C27H35F2N3O4S/c1-2-3-6-36-21-13-23(30-14-21)26(34)24(10-17-8-19(28)12-20(29)9-17)31-27(35)18-11-25(33)32(15-18)16-22-5-4-7-37-22/h4-5,7-9,12,18,21,23-24,26,30,34H,2-3,6,10-11,13-16H2,1H3,(H,31,35)/t18?,21-,23-,24+,26-/m1/s1. The van der Waals surface area contributed by atoms with Gasteiger partial charge in [-0.3, -0.25) is 9.59 Å². The molecular formula is C27H35F2N3O4S. The average molecular weight is 536 g/mol. The molecule has 5 atom stereocenters. The molecule has 3 N–H and O–H groups in total. The second-order valence-electron chi connectivity index (χ2n) is 9.94. The van der Waals surface area contributed by atoms with Gasteiger partial charge in [0.05, 0.1) is 30.7 Å². The van der Waals surface area contributed by atoms with Crippen LogP contribution in [0.2, 0.25) is 0 Å². The quantitative estimate of drug-likeness (QED) is 0.364. The van der Waals surface area contributed by atoms with E-state index in [0.29, 0.717) is 31.7 Å². The highest BCUT2D eigenvalue weighted by Gasteiger charge is 2.39. The summed E-state index contributed by atoms with van der Waals surface area (Å²) in [6.45, 7) is 4.06. The number of benzene rings is 1. The lowest BCUT2D eigenvalue weighted by molar-refractivity contribution is -0.129.